The fourth-order valence-corrected chi connectivity index (χ4v) is 3.08. The van der Waals surface area contributed by atoms with Crippen LogP contribution in [0.25, 0.3) is 0 Å². The minimum atomic E-state index is 0.399. The van der Waals surface area contributed by atoms with Crippen LogP contribution in [0.5, 0.6) is 0 Å². The smallest absolute Gasteiger partial charge is 0.145 e. The summed E-state index contributed by atoms with van der Waals surface area (Å²) in [6.07, 6.45) is 13.4. The standard InChI is InChI=1S/C14H21N3/c1-2-5-11(6-3-1)12-9-16-14(17-10-12)13-7-4-8-15-13/h9-11,13,15H,1-8H2. The molecule has 1 aromatic heterocycles. The second-order valence-electron chi connectivity index (χ2n) is 5.36. The molecule has 0 aromatic carbocycles. The molecule has 3 heteroatoms. The third kappa shape index (κ3) is 2.49. The van der Waals surface area contributed by atoms with E-state index in [0.29, 0.717) is 12.0 Å². The fourth-order valence-electron chi connectivity index (χ4n) is 3.08. The Bertz CT molecular complexity index is 348. The summed E-state index contributed by atoms with van der Waals surface area (Å²) in [5.74, 6) is 1.70. The molecule has 0 bridgehead atoms. The number of rotatable bonds is 2. The molecule has 2 heterocycles. The molecule has 17 heavy (non-hydrogen) atoms. The van der Waals surface area contributed by atoms with Gasteiger partial charge >= 0.3 is 0 Å². The SMILES string of the molecule is c1nc(C2CCCN2)ncc1C1CCCCC1. The Morgan fingerprint density at radius 1 is 0.941 bits per heavy atom. The van der Waals surface area contributed by atoms with E-state index in [0.717, 1.165) is 12.4 Å². The normalized spacial score (nSPS) is 26.2. The van der Waals surface area contributed by atoms with E-state index in [4.69, 9.17) is 0 Å². The van der Waals surface area contributed by atoms with Gasteiger partial charge in [-0.25, -0.2) is 9.97 Å². The number of hydrogen-bond acceptors (Lipinski definition) is 3. The topological polar surface area (TPSA) is 37.8 Å². The molecule has 1 aliphatic carbocycles. The summed E-state index contributed by atoms with van der Waals surface area (Å²) < 4.78 is 0. The summed E-state index contributed by atoms with van der Waals surface area (Å²) in [7, 11) is 0. The highest BCUT2D eigenvalue weighted by Crippen LogP contribution is 2.32. The third-order valence-corrected chi connectivity index (χ3v) is 4.14. The van der Waals surface area contributed by atoms with Crippen LogP contribution < -0.4 is 5.32 Å². The molecule has 1 atom stereocenters. The summed E-state index contributed by atoms with van der Waals surface area (Å²) >= 11 is 0. The molecular weight excluding hydrogens is 210 g/mol. The first-order valence-electron chi connectivity index (χ1n) is 6.99. The predicted molar refractivity (Wildman–Crippen MR) is 67.8 cm³/mol. The van der Waals surface area contributed by atoms with E-state index in [2.05, 4.69) is 27.7 Å². The Labute approximate surface area is 103 Å². The highest BCUT2D eigenvalue weighted by molar-refractivity contribution is 5.13. The van der Waals surface area contributed by atoms with E-state index in [9.17, 15) is 0 Å². The maximum atomic E-state index is 4.56. The van der Waals surface area contributed by atoms with Crippen LogP contribution in [0, 0.1) is 0 Å². The van der Waals surface area contributed by atoms with Crippen molar-refractivity contribution >= 4 is 0 Å². The summed E-state index contributed by atoms with van der Waals surface area (Å²) in [5, 5.41) is 3.45. The molecule has 1 N–H and O–H groups in total. The first-order valence-corrected chi connectivity index (χ1v) is 6.99. The van der Waals surface area contributed by atoms with Gasteiger partial charge in [-0.05, 0) is 43.7 Å². The summed E-state index contributed by atoms with van der Waals surface area (Å²) in [6.45, 7) is 1.11. The Morgan fingerprint density at radius 2 is 1.71 bits per heavy atom. The van der Waals surface area contributed by atoms with Crippen LogP contribution in [0.1, 0.15) is 68.3 Å². The van der Waals surface area contributed by atoms with Crippen molar-refractivity contribution < 1.29 is 0 Å². The fraction of sp³-hybridized carbons (Fsp3) is 0.714. The molecule has 2 aliphatic rings. The van der Waals surface area contributed by atoms with Crippen molar-refractivity contribution in [1.29, 1.82) is 0 Å². The van der Waals surface area contributed by atoms with Gasteiger partial charge in [-0.15, -0.1) is 0 Å². The summed E-state index contributed by atoms with van der Waals surface area (Å²) in [4.78, 5) is 9.12. The molecule has 1 saturated heterocycles. The Hall–Kier alpha value is -0.960. The van der Waals surface area contributed by atoms with Gasteiger partial charge in [0.15, 0.2) is 0 Å². The summed E-state index contributed by atoms with van der Waals surface area (Å²) in [5.41, 5.74) is 1.35. The molecule has 0 spiro atoms. The van der Waals surface area contributed by atoms with Crippen molar-refractivity contribution in [2.24, 2.45) is 0 Å². The Kier molecular flexibility index (Phi) is 3.36. The molecule has 3 nitrogen and oxygen atoms in total. The van der Waals surface area contributed by atoms with Gasteiger partial charge < -0.3 is 5.32 Å². The third-order valence-electron chi connectivity index (χ3n) is 4.14. The van der Waals surface area contributed by atoms with Gasteiger partial charge in [0.2, 0.25) is 0 Å². The lowest BCUT2D eigenvalue weighted by Crippen LogP contribution is -2.16. The highest BCUT2D eigenvalue weighted by Gasteiger charge is 2.20. The van der Waals surface area contributed by atoms with Crippen LogP contribution in [-0.4, -0.2) is 16.5 Å². The van der Waals surface area contributed by atoms with Crippen LogP contribution in [-0.2, 0) is 0 Å². The van der Waals surface area contributed by atoms with E-state index in [-0.39, 0.29) is 0 Å². The van der Waals surface area contributed by atoms with Gasteiger partial charge in [0.05, 0.1) is 6.04 Å². The van der Waals surface area contributed by atoms with Crippen LogP contribution >= 0.6 is 0 Å². The van der Waals surface area contributed by atoms with Crippen molar-refractivity contribution in [3.8, 4) is 0 Å². The lowest BCUT2D eigenvalue weighted by atomic mass is 9.85. The molecule has 1 aliphatic heterocycles. The molecule has 1 saturated carbocycles. The molecule has 0 amide bonds. The average molecular weight is 231 g/mol. The maximum absolute atomic E-state index is 4.56. The van der Waals surface area contributed by atoms with Gasteiger partial charge in [0.25, 0.3) is 0 Å². The van der Waals surface area contributed by atoms with Crippen LogP contribution in [0.2, 0.25) is 0 Å². The van der Waals surface area contributed by atoms with E-state index >= 15 is 0 Å². The van der Waals surface area contributed by atoms with Crippen molar-refractivity contribution in [1.82, 2.24) is 15.3 Å². The van der Waals surface area contributed by atoms with Gasteiger partial charge in [-0.3, -0.25) is 0 Å². The van der Waals surface area contributed by atoms with E-state index in [1.165, 1.54) is 50.5 Å². The molecule has 1 unspecified atom stereocenters. The Balaban J connectivity index is 1.70. The maximum Gasteiger partial charge on any atom is 0.145 e. The van der Waals surface area contributed by atoms with Crippen molar-refractivity contribution in [2.75, 3.05) is 6.54 Å². The number of nitrogens with one attached hydrogen (secondary N) is 1. The molecule has 2 fully saturated rings. The quantitative estimate of drug-likeness (QED) is 0.850. The second-order valence-corrected chi connectivity index (χ2v) is 5.36. The molecule has 3 rings (SSSR count). The molecule has 1 aromatic rings. The van der Waals surface area contributed by atoms with Crippen molar-refractivity contribution in [3.05, 3.63) is 23.8 Å². The molecular formula is C14H21N3. The lowest BCUT2D eigenvalue weighted by Gasteiger charge is -2.21. The molecule has 92 valence electrons. The van der Waals surface area contributed by atoms with Crippen LogP contribution in [0.4, 0.5) is 0 Å². The second kappa shape index (κ2) is 5.13. The van der Waals surface area contributed by atoms with E-state index in [1.54, 1.807) is 0 Å². The molecule has 0 radical (unpaired) electrons. The van der Waals surface area contributed by atoms with Crippen molar-refractivity contribution in [2.45, 2.75) is 56.9 Å². The monoisotopic (exact) mass is 231 g/mol. The van der Waals surface area contributed by atoms with Crippen LogP contribution in [0.3, 0.4) is 0 Å². The summed E-state index contributed by atoms with van der Waals surface area (Å²) in [6, 6.07) is 0.399. The largest absolute Gasteiger partial charge is 0.307 e. The zero-order valence-corrected chi connectivity index (χ0v) is 10.4. The van der Waals surface area contributed by atoms with Gasteiger partial charge in [0, 0.05) is 12.4 Å². The average Bonchev–Trinajstić information content (AvgIpc) is 2.94. The number of nitrogens with zero attached hydrogens (tertiary/aromatic N) is 2. The zero-order valence-electron chi connectivity index (χ0n) is 10.4. The highest BCUT2D eigenvalue weighted by atomic mass is 15.0. The minimum Gasteiger partial charge on any atom is -0.307 e. The lowest BCUT2D eigenvalue weighted by molar-refractivity contribution is 0.441. The minimum absolute atomic E-state index is 0.399. The zero-order chi connectivity index (χ0) is 11.5. The van der Waals surface area contributed by atoms with Crippen molar-refractivity contribution in [3.63, 3.8) is 0 Å². The van der Waals surface area contributed by atoms with Gasteiger partial charge in [-0.2, -0.15) is 0 Å². The first kappa shape index (κ1) is 11.1. The Morgan fingerprint density at radius 3 is 2.35 bits per heavy atom. The van der Waals surface area contributed by atoms with Gasteiger partial charge in [0.1, 0.15) is 5.82 Å². The van der Waals surface area contributed by atoms with Crippen LogP contribution in [0.15, 0.2) is 12.4 Å². The number of aromatic nitrogens is 2. The predicted octanol–water partition coefficient (Wildman–Crippen LogP) is 2.95. The van der Waals surface area contributed by atoms with Gasteiger partial charge in [-0.1, -0.05) is 19.3 Å². The van der Waals surface area contributed by atoms with E-state index < -0.39 is 0 Å². The van der Waals surface area contributed by atoms with E-state index in [1.807, 2.05) is 0 Å². The first-order chi connectivity index (χ1) is 8.43. The number of hydrogen-bond donors (Lipinski definition) is 1.